The molecule has 0 aromatic heterocycles. The summed E-state index contributed by atoms with van der Waals surface area (Å²) in [6.07, 6.45) is 1.42. The number of benzene rings is 1. The van der Waals surface area contributed by atoms with Crippen LogP contribution < -0.4 is 14.2 Å². The summed E-state index contributed by atoms with van der Waals surface area (Å²) in [5.41, 5.74) is -3.36. The summed E-state index contributed by atoms with van der Waals surface area (Å²) in [7, 11) is 4.39. The molecule has 2 saturated heterocycles. The van der Waals surface area contributed by atoms with Gasteiger partial charge in [-0.15, -0.1) is 0 Å². The Morgan fingerprint density at radius 2 is 1.65 bits per heavy atom. The number of nitrogens with zero attached hydrogens (tertiary/aromatic N) is 3. The Bertz CT molecular complexity index is 1030. The molecule has 1 aliphatic carbocycles. The molecule has 4 rings (SSSR count). The minimum Gasteiger partial charge on any atom is -0.493 e. The highest BCUT2D eigenvalue weighted by atomic mass is 16.7. The average molecular weight is 422 g/mol. The molecule has 3 fully saturated rings. The maximum atomic E-state index is 10.3. The predicted molar refractivity (Wildman–Crippen MR) is 105 cm³/mol. The monoisotopic (exact) mass is 422 g/mol. The Morgan fingerprint density at radius 3 is 2.16 bits per heavy atom. The van der Waals surface area contributed by atoms with E-state index in [1.807, 2.05) is 0 Å². The SMILES string of the molecule is COc1cc([C@H]2O[C@@]34CCCC[C@H]3[C@](C#N)(C(=N)O4)C2(C#N)C#N)cc(OC)c1OC. The van der Waals surface area contributed by atoms with Crippen molar-refractivity contribution in [1.29, 1.82) is 21.2 Å². The minimum absolute atomic E-state index is 0.322. The van der Waals surface area contributed by atoms with E-state index in [1.165, 1.54) is 21.3 Å². The molecule has 2 heterocycles. The van der Waals surface area contributed by atoms with Crippen LogP contribution in [0.25, 0.3) is 0 Å². The molecule has 1 saturated carbocycles. The van der Waals surface area contributed by atoms with Crippen molar-refractivity contribution < 1.29 is 23.7 Å². The molecular formula is C22H22N4O5. The van der Waals surface area contributed by atoms with Gasteiger partial charge in [0.1, 0.15) is 6.10 Å². The Labute approximate surface area is 180 Å². The van der Waals surface area contributed by atoms with Gasteiger partial charge in [0.25, 0.3) is 0 Å². The van der Waals surface area contributed by atoms with E-state index >= 15 is 0 Å². The molecule has 1 N–H and O–H groups in total. The normalized spacial score (nSPS) is 32.5. The second kappa shape index (κ2) is 7.04. The van der Waals surface area contributed by atoms with Crippen molar-refractivity contribution in [2.24, 2.45) is 16.7 Å². The lowest BCUT2D eigenvalue weighted by molar-refractivity contribution is -0.294. The first-order chi connectivity index (χ1) is 14.9. The molecule has 0 radical (unpaired) electrons. The van der Waals surface area contributed by atoms with Gasteiger partial charge in [0.2, 0.25) is 22.8 Å². The van der Waals surface area contributed by atoms with Crippen LogP contribution in [0, 0.1) is 56.2 Å². The molecule has 9 nitrogen and oxygen atoms in total. The van der Waals surface area contributed by atoms with Crippen molar-refractivity contribution >= 4 is 5.90 Å². The van der Waals surface area contributed by atoms with Crippen LogP contribution in [0.4, 0.5) is 0 Å². The van der Waals surface area contributed by atoms with Gasteiger partial charge in [-0.3, -0.25) is 5.41 Å². The Hall–Kier alpha value is -3.48. The van der Waals surface area contributed by atoms with Gasteiger partial charge in [0.15, 0.2) is 16.9 Å². The molecule has 9 heteroatoms. The summed E-state index contributed by atoms with van der Waals surface area (Å²) in [5.74, 6) is -1.19. The minimum atomic E-state index is -2.01. The highest BCUT2D eigenvalue weighted by molar-refractivity contribution is 5.89. The average Bonchev–Trinajstić information content (AvgIpc) is 3.02. The third-order valence-corrected chi connectivity index (χ3v) is 6.81. The zero-order chi connectivity index (χ0) is 22.4. The first kappa shape index (κ1) is 20.8. The van der Waals surface area contributed by atoms with Crippen LogP contribution in [0.3, 0.4) is 0 Å². The Morgan fingerprint density at radius 1 is 1.00 bits per heavy atom. The highest BCUT2D eigenvalue weighted by Gasteiger charge is 2.80. The van der Waals surface area contributed by atoms with E-state index < -0.39 is 28.6 Å². The summed E-state index contributed by atoms with van der Waals surface area (Å²) in [6, 6.07) is 9.48. The Kier molecular flexibility index (Phi) is 4.72. The summed E-state index contributed by atoms with van der Waals surface area (Å²) in [6.45, 7) is 0. The van der Waals surface area contributed by atoms with E-state index in [0.717, 1.165) is 12.8 Å². The molecule has 4 atom stereocenters. The van der Waals surface area contributed by atoms with Gasteiger partial charge in [-0.1, -0.05) is 6.42 Å². The number of methoxy groups -OCH3 is 3. The fourth-order valence-corrected chi connectivity index (χ4v) is 5.41. The van der Waals surface area contributed by atoms with Gasteiger partial charge in [0, 0.05) is 6.42 Å². The van der Waals surface area contributed by atoms with Crippen LogP contribution in [0.1, 0.15) is 37.4 Å². The van der Waals surface area contributed by atoms with Crippen LogP contribution in [0.2, 0.25) is 0 Å². The van der Waals surface area contributed by atoms with Crippen molar-refractivity contribution in [1.82, 2.24) is 0 Å². The van der Waals surface area contributed by atoms with Crippen LogP contribution in [-0.4, -0.2) is 33.0 Å². The largest absolute Gasteiger partial charge is 0.493 e. The van der Waals surface area contributed by atoms with Crippen molar-refractivity contribution in [3.05, 3.63) is 17.7 Å². The first-order valence-electron chi connectivity index (χ1n) is 9.93. The van der Waals surface area contributed by atoms with Gasteiger partial charge in [-0.25, -0.2) is 0 Å². The molecule has 3 aliphatic rings. The maximum absolute atomic E-state index is 10.3. The summed E-state index contributed by atoms with van der Waals surface area (Å²) in [4.78, 5) is 0. The molecular weight excluding hydrogens is 400 g/mol. The van der Waals surface area contributed by atoms with Crippen molar-refractivity contribution in [3.63, 3.8) is 0 Å². The fourth-order valence-electron chi connectivity index (χ4n) is 5.41. The molecule has 2 bridgehead atoms. The molecule has 1 aromatic rings. The van der Waals surface area contributed by atoms with Gasteiger partial charge in [0.05, 0.1) is 45.5 Å². The maximum Gasteiger partial charge on any atom is 0.217 e. The predicted octanol–water partition coefficient (Wildman–Crippen LogP) is 3.22. The van der Waals surface area contributed by atoms with Crippen molar-refractivity contribution in [3.8, 4) is 35.5 Å². The standard InChI is InChI=1S/C22H22N4O5/c1-27-14-8-13(9-15(28-2)17(14)29-3)18-20(10-23,11-24)21(12-25)16-6-4-5-7-22(16,30-18)31-19(21)26/h8-9,16,18,26H,4-7H2,1-3H3/t16-,18+,21+,22+/m0/s1. The lowest BCUT2D eigenvalue weighted by Gasteiger charge is -2.51. The topological polar surface area (TPSA) is 141 Å². The van der Waals surface area contributed by atoms with E-state index in [1.54, 1.807) is 12.1 Å². The molecule has 2 aliphatic heterocycles. The lowest BCUT2D eigenvalue weighted by Crippen LogP contribution is -2.60. The van der Waals surface area contributed by atoms with E-state index in [4.69, 9.17) is 29.1 Å². The number of ether oxygens (including phenoxy) is 5. The van der Waals surface area contributed by atoms with Crippen LogP contribution >= 0.6 is 0 Å². The zero-order valence-corrected chi connectivity index (χ0v) is 17.5. The second-order valence-electron chi connectivity index (χ2n) is 7.95. The van der Waals surface area contributed by atoms with Gasteiger partial charge in [-0.2, -0.15) is 15.8 Å². The molecule has 160 valence electrons. The van der Waals surface area contributed by atoms with Crippen LogP contribution in [0.15, 0.2) is 12.1 Å². The quantitative estimate of drug-likeness (QED) is 0.779. The summed E-state index contributed by atoms with van der Waals surface area (Å²) < 4.78 is 28.5. The lowest BCUT2D eigenvalue weighted by atomic mass is 9.51. The molecule has 0 amide bonds. The first-order valence-corrected chi connectivity index (χ1v) is 9.93. The number of nitriles is 3. The fraction of sp³-hybridized carbons (Fsp3) is 0.545. The van der Waals surface area contributed by atoms with Gasteiger partial charge >= 0.3 is 0 Å². The van der Waals surface area contributed by atoms with Crippen molar-refractivity contribution in [2.75, 3.05) is 21.3 Å². The van der Waals surface area contributed by atoms with Crippen molar-refractivity contribution in [2.45, 2.75) is 37.6 Å². The third-order valence-electron chi connectivity index (χ3n) is 6.81. The van der Waals surface area contributed by atoms with Crippen LogP contribution in [0.5, 0.6) is 17.2 Å². The van der Waals surface area contributed by atoms with E-state index in [2.05, 4.69) is 18.2 Å². The Balaban J connectivity index is 2.00. The van der Waals surface area contributed by atoms with E-state index in [-0.39, 0.29) is 5.90 Å². The number of hydrogen-bond donors (Lipinski definition) is 1. The highest BCUT2D eigenvalue weighted by Crippen LogP contribution is 2.69. The van der Waals surface area contributed by atoms with E-state index in [9.17, 15) is 15.8 Å². The summed E-state index contributed by atoms with van der Waals surface area (Å²) >= 11 is 0. The summed E-state index contributed by atoms with van der Waals surface area (Å²) in [5, 5.41) is 39.5. The van der Waals surface area contributed by atoms with Gasteiger partial charge in [-0.05, 0) is 30.5 Å². The molecule has 1 aromatic carbocycles. The molecule has 31 heavy (non-hydrogen) atoms. The second-order valence-corrected chi connectivity index (χ2v) is 7.95. The third kappa shape index (κ3) is 2.34. The van der Waals surface area contributed by atoms with E-state index in [0.29, 0.717) is 35.7 Å². The smallest absolute Gasteiger partial charge is 0.217 e. The molecule has 0 unspecified atom stereocenters. The zero-order valence-electron chi connectivity index (χ0n) is 17.5. The number of rotatable bonds is 4. The molecule has 0 spiro atoms. The van der Waals surface area contributed by atoms with Crippen LogP contribution in [-0.2, 0) is 9.47 Å². The van der Waals surface area contributed by atoms with Gasteiger partial charge < -0.3 is 23.7 Å². The number of hydrogen-bond acceptors (Lipinski definition) is 9. The number of nitrogens with one attached hydrogen (secondary N) is 1.